The van der Waals surface area contributed by atoms with E-state index >= 15 is 0 Å². The van der Waals surface area contributed by atoms with Crippen molar-refractivity contribution < 1.29 is 19.0 Å². The number of carbonyl (C=O) groups excluding carboxylic acids is 1. The SMILES string of the molecule is COc1ccc(CCCC(=O)NCCN2CCc3cc(OC)c(OC)cc3C2)cc1. The predicted molar refractivity (Wildman–Crippen MR) is 117 cm³/mol. The number of amides is 1. The number of nitrogens with zero attached hydrogens (tertiary/aromatic N) is 1. The third-order valence-corrected chi connectivity index (χ3v) is 5.58. The summed E-state index contributed by atoms with van der Waals surface area (Å²) in [6.45, 7) is 3.36. The van der Waals surface area contributed by atoms with Gasteiger partial charge in [-0.25, -0.2) is 0 Å². The van der Waals surface area contributed by atoms with E-state index in [1.54, 1.807) is 21.3 Å². The van der Waals surface area contributed by atoms with E-state index in [0.717, 1.165) is 56.1 Å². The number of fused-ring (bicyclic) bond motifs is 1. The van der Waals surface area contributed by atoms with Crippen molar-refractivity contribution in [2.75, 3.05) is 41.0 Å². The topological polar surface area (TPSA) is 60.0 Å². The summed E-state index contributed by atoms with van der Waals surface area (Å²) >= 11 is 0. The minimum Gasteiger partial charge on any atom is -0.497 e. The zero-order valence-corrected chi connectivity index (χ0v) is 18.2. The number of methoxy groups -OCH3 is 3. The Morgan fingerprint density at radius 3 is 2.37 bits per heavy atom. The molecule has 0 saturated heterocycles. The number of hydrogen-bond acceptors (Lipinski definition) is 5. The van der Waals surface area contributed by atoms with Crippen LogP contribution in [-0.4, -0.2) is 51.8 Å². The highest BCUT2D eigenvalue weighted by atomic mass is 16.5. The van der Waals surface area contributed by atoms with Gasteiger partial charge in [0.2, 0.25) is 5.91 Å². The van der Waals surface area contributed by atoms with Gasteiger partial charge in [0.05, 0.1) is 21.3 Å². The average molecular weight is 413 g/mol. The second-order valence-electron chi connectivity index (χ2n) is 7.55. The van der Waals surface area contributed by atoms with Gasteiger partial charge in [-0.1, -0.05) is 12.1 Å². The van der Waals surface area contributed by atoms with Crippen LogP contribution in [0.5, 0.6) is 17.2 Å². The maximum Gasteiger partial charge on any atom is 0.220 e. The summed E-state index contributed by atoms with van der Waals surface area (Å²) in [7, 11) is 4.99. The van der Waals surface area contributed by atoms with Crippen molar-refractivity contribution in [1.82, 2.24) is 10.2 Å². The van der Waals surface area contributed by atoms with Gasteiger partial charge in [-0.15, -0.1) is 0 Å². The lowest BCUT2D eigenvalue weighted by atomic mass is 9.99. The Kier molecular flexibility index (Phi) is 7.97. The van der Waals surface area contributed by atoms with Gasteiger partial charge in [-0.3, -0.25) is 9.69 Å². The molecule has 1 aliphatic rings. The van der Waals surface area contributed by atoms with Gasteiger partial charge in [-0.05, 0) is 60.2 Å². The first-order valence-electron chi connectivity index (χ1n) is 10.5. The van der Waals surface area contributed by atoms with E-state index in [2.05, 4.69) is 34.5 Å². The van der Waals surface area contributed by atoms with Crippen LogP contribution in [0.15, 0.2) is 36.4 Å². The summed E-state index contributed by atoms with van der Waals surface area (Å²) in [4.78, 5) is 14.5. The molecule has 0 saturated carbocycles. The molecule has 3 rings (SSSR count). The molecule has 1 N–H and O–H groups in total. The lowest BCUT2D eigenvalue weighted by molar-refractivity contribution is -0.121. The van der Waals surface area contributed by atoms with Crippen LogP contribution < -0.4 is 19.5 Å². The molecule has 6 nitrogen and oxygen atoms in total. The molecule has 0 aromatic heterocycles. The van der Waals surface area contributed by atoms with Crippen molar-refractivity contribution in [2.45, 2.75) is 32.2 Å². The van der Waals surface area contributed by atoms with E-state index in [-0.39, 0.29) is 5.91 Å². The zero-order valence-electron chi connectivity index (χ0n) is 18.2. The minimum atomic E-state index is 0.118. The van der Waals surface area contributed by atoms with Gasteiger partial charge >= 0.3 is 0 Å². The number of hydrogen-bond donors (Lipinski definition) is 1. The van der Waals surface area contributed by atoms with Crippen LogP contribution in [0.3, 0.4) is 0 Å². The van der Waals surface area contributed by atoms with Gasteiger partial charge in [0.15, 0.2) is 11.5 Å². The molecular formula is C24H32N2O4. The van der Waals surface area contributed by atoms with Crippen molar-refractivity contribution in [3.05, 3.63) is 53.1 Å². The molecule has 0 aliphatic carbocycles. The van der Waals surface area contributed by atoms with Crippen LogP contribution in [0.25, 0.3) is 0 Å². The maximum atomic E-state index is 12.1. The molecule has 0 unspecified atom stereocenters. The summed E-state index contributed by atoms with van der Waals surface area (Å²) in [6, 6.07) is 12.2. The number of ether oxygens (including phenoxy) is 3. The van der Waals surface area contributed by atoms with E-state index < -0.39 is 0 Å². The van der Waals surface area contributed by atoms with Gasteiger partial charge in [0.1, 0.15) is 5.75 Å². The fourth-order valence-electron chi connectivity index (χ4n) is 3.82. The molecule has 6 heteroatoms. The van der Waals surface area contributed by atoms with Crippen molar-refractivity contribution in [2.24, 2.45) is 0 Å². The van der Waals surface area contributed by atoms with Crippen LogP contribution >= 0.6 is 0 Å². The smallest absolute Gasteiger partial charge is 0.220 e. The second-order valence-corrected chi connectivity index (χ2v) is 7.55. The van der Waals surface area contributed by atoms with Crippen LogP contribution in [0, 0.1) is 0 Å². The van der Waals surface area contributed by atoms with Crippen molar-refractivity contribution in [3.8, 4) is 17.2 Å². The summed E-state index contributed by atoms with van der Waals surface area (Å²) in [6.07, 6.45) is 3.26. The van der Waals surface area contributed by atoms with Gasteiger partial charge < -0.3 is 19.5 Å². The van der Waals surface area contributed by atoms with E-state index in [0.29, 0.717) is 13.0 Å². The molecule has 0 radical (unpaired) electrons. The Labute approximate surface area is 179 Å². The highest BCUT2D eigenvalue weighted by molar-refractivity contribution is 5.75. The highest BCUT2D eigenvalue weighted by Gasteiger charge is 2.19. The highest BCUT2D eigenvalue weighted by Crippen LogP contribution is 2.33. The molecule has 0 fully saturated rings. The first-order chi connectivity index (χ1) is 14.6. The molecule has 0 bridgehead atoms. The fourth-order valence-corrected chi connectivity index (χ4v) is 3.82. The normalized spacial score (nSPS) is 13.4. The van der Waals surface area contributed by atoms with Crippen LogP contribution in [0.2, 0.25) is 0 Å². The molecule has 0 spiro atoms. The van der Waals surface area contributed by atoms with E-state index in [9.17, 15) is 4.79 Å². The molecule has 1 amide bonds. The van der Waals surface area contributed by atoms with Crippen LogP contribution in [0.4, 0.5) is 0 Å². The predicted octanol–water partition coefficient (Wildman–Crippen LogP) is 3.21. The van der Waals surface area contributed by atoms with Crippen molar-refractivity contribution in [3.63, 3.8) is 0 Å². The summed E-state index contributed by atoms with van der Waals surface area (Å²) < 4.78 is 16.0. The average Bonchev–Trinajstić information content (AvgIpc) is 2.78. The Hall–Kier alpha value is -2.73. The number of benzene rings is 2. The van der Waals surface area contributed by atoms with Gasteiger partial charge in [0, 0.05) is 32.6 Å². The third kappa shape index (κ3) is 5.89. The first-order valence-corrected chi connectivity index (χ1v) is 10.5. The Morgan fingerprint density at radius 1 is 1.00 bits per heavy atom. The number of rotatable bonds is 10. The molecule has 162 valence electrons. The largest absolute Gasteiger partial charge is 0.497 e. The minimum absolute atomic E-state index is 0.118. The molecule has 1 heterocycles. The van der Waals surface area contributed by atoms with Crippen LogP contribution in [-0.2, 0) is 24.2 Å². The Morgan fingerprint density at radius 2 is 1.70 bits per heavy atom. The number of aryl methyl sites for hydroxylation is 1. The fraction of sp³-hybridized carbons (Fsp3) is 0.458. The van der Waals surface area contributed by atoms with E-state index in [1.807, 2.05) is 12.1 Å². The monoisotopic (exact) mass is 412 g/mol. The molecule has 2 aromatic carbocycles. The quantitative estimate of drug-likeness (QED) is 0.649. The van der Waals surface area contributed by atoms with Crippen molar-refractivity contribution >= 4 is 5.91 Å². The summed E-state index contributed by atoms with van der Waals surface area (Å²) in [5, 5.41) is 3.05. The van der Waals surface area contributed by atoms with Gasteiger partial charge in [-0.2, -0.15) is 0 Å². The number of nitrogens with one attached hydrogen (secondary N) is 1. The standard InChI is InChI=1S/C24H32N2O4/c1-28-21-9-7-18(8-10-21)5-4-6-24(27)25-12-14-26-13-11-19-15-22(29-2)23(30-3)16-20(19)17-26/h7-10,15-16H,4-6,11-14,17H2,1-3H3,(H,25,27). The maximum absolute atomic E-state index is 12.1. The molecule has 30 heavy (non-hydrogen) atoms. The molecule has 1 aliphatic heterocycles. The van der Waals surface area contributed by atoms with Crippen molar-refractivity contribution in [1.29, 1.82) is 0 Å². The molecule has 0 atom stereocenters. The Balaban J connectivity index is 1.37. The first kappa shape index (κ1) is 22.0. The number of carbonyl (C=O) groups is 1. The Bertz CT molecular complexity index is 836. The molecular weight excluding hydrogens is 380 g/mol. The van der Waals surface area contributed by atoms with Crippen LogP contribution in [0.1, 0.15) is 29.5 Å². The second kappa shape index (κ2) is 10.9. The van der Waals surface area contributed by atoms with E-state index in [4.69, 9.17) is 14.2 Å². The summed E-state index contributed by atoms with van der Waals surface area (Å²) in [5.41, 5.74) is 3.80. The lowest BCUT2D eigenvalue weighted by Gasteiger charge is -2.29. The zero-order chi connectivity index (χ0) is 21.3. The lowest BCUT2D eigenvalue weighted by Crippen LogP contribution is -2.37. The molecule has 2 aromatic rings. The van der Waals surface area contributed by atoms with E-state index in [1.165, 1.54) is 16.7 Å². The van der Waals surface area contributed by atoms with Gasteiger partial charge in [0.25, 0.3) is 0 Å². The summed E-state index contributed by atoms with van der Waals surface area (Å²) in [5.74, 6) is 2.52. The third-order valence-electron chi connectivity index (χ3n) is 5.58.